The summed E-state index contributed by atoms with van der Waals surface area (Å²) in [6, 6.07) is 7.00. The number of benzene rings is 1. The number of nitrogens with one attached hydrogen (secondary N) is 1. The van der Waals surface area contributed by atoms with Gasteiger partial charge >= 0.3 is 5.97 Å². The van der Waals surface area contributed by atoms with Crippen LogP contribution in [0.15, 0.2) is 24.3 Å². The molecule has 0 fully saturated rings. The zero-order valence-corrected chi connectivity index (χ0v) is 11.1. The van der Waals surface area contributed by atoms with Crippen LogP contribution in [0.4, 0.5) is 0 Å². The van der Waals surface area contributed by atoms with Crippen molar-refractivity contribution in [2.24, 2.45) is 5.41 Å². The number of aliphatic carboxylic acids is 1. The van der Waals surface area contributed by atoms with E-state index in [1.54, 1.807) is 20.8 Å². The second-order valence-corrected chi connectivity index (χ2v) is 5.30. The Labute approximate surface area is 111 Å². The van der Waals surface area contributed by atoms with Gasteiger partial charge in [-0.2, -0.15) is 5.26 Å². The van der Waals surface area contributed by atoms with Crippen LogP contribution < -0.4 is 5.32 Å². The molecule has 0 aliphatic rings. The second kappa shape index (κ2) is 5.53. The molecule has 1 amide bonds. The number of carboxylic acids is 1. The summed E-state index contributed by atoms with van der Waals surface area (Å²) in [5.74, 6) is -1.54. The fraction of sp³-hybridized carbons (Fsp3) is 0.357. The average Bonchev–Trinajstić information content (AvgIpc) is 2.34. The van der Waals surface area contributed by atoms with Gasteiger partial charge in [0.1, 0.15) is 6.04 Å². The van der Waals surface area contributed by atoms with Gasteiger partial charge in [-0.25, -0.2) is 4.79 Å². The Kier molecular flexibility index (Phi) is 4.28. The van der Waals surface area contributed by atoms with E-state index in [9.17, 15) is 9.59 Å². The monoisotopic (exact) mass is 260 g/mol. The Hall–Kier alpha value is -2.35. The zero-order valence-electron chi connectivity index (χ0n) is 11.1. The van der Waals surface area contributed by atoms with E-state index in [1.165, 1.54) is 24.3 Å². The first-order valence-electron chi connectivity index (χ1n) is 5.79. The van der Waals surface area contributed by atoms with Crippen LogP contribution in [-0.4, -0.2) is 23.0 Å². The molecular weight excluding hydrogens is 244 g/mol. The number of rotatable bonds is 3. The van der Waals surface area contributed by atoms with Crippen LogP contribution in [0.1, 0.15) is 36.7 Å². The minimum atomic E-state index is -1.07. The first-order chi connectivity index (χ1) is 8.75. The van der Waals surface area contributed by atoms with Crippen molar-refractivity contribution in [3.63, 3.8) is 0 Å². The molecule has 0 aliphatic heterocycles. The summed E-state index contributed by atoms with van der Waals surface area (Å²) in [5.41, 5.74) is 0.185. The van der Waals surface area contributed by atoms with Crippen molar-refractivity contribution < 1.29 is 14.7 Å². The topological polar surface area (TPSA) is 90.2 Å². The number of hydrogen-bond donors (Lipinski definition) is 2. The van der Waals surface area contributed by atoms with Crippen molar-refractivity contribution in [2.75, 3.05) is 0 Å². The maximum absolute atomic E-state index is 11.9. The van der Waals surface area contributed by atoms with Crippen molar-refractivity contribution in [2.45, 2.75) is 26.8 Å². The highest BCUT2D eigenvalue weighted by Crippen LogP contribution is 2.20. The van der Waals surface area contributed by atoms with Gasteiger partial charge in [0.2, 0.25) is 0 Å². The average molecular weight is 260 g/mol. The summed E-state index contributed by atoms with van der Waals surface area (Å²) in [5, 5.41) is 20.3. The predicted octanol–water partition coefficient (Wildman–Crippen LogP) is 1.79. The van der Waals surface area contributed by atoms with Crippen molar-refractivity contribution in [1.82, 2.24) is 5.32 Å². The normalized spacial score (nSPS) is 12.3. The largest absolute Gasteiger partial charge is 0.480 e. The van der Waals surface area contributed by atoms with Gasteiger partial charge in [0, 0.05) is 5.56 Å². The Morgan fingerprint density at radius 2 is 1.79 bits per heavy atom. The van der Waals surface area contributed by atoms with Crippen LogP contribution in [0.3, 0.4) is 0 Å². The molecule has 0 spiro atoms. The minimum absolute atomic E-state index is 0.328. The highest BCUT2D eigenvalue weighted by Gasteiger charge is 2.32. The van der Waals surface area contributed by atoms with Crippen LogP contribution in [0.25, 0.3) is 0 Å². The van der Waals surface area contributed by atoms with Gasteiger partial charge in [-0.05, 0) is 29.7 Å². The molecule has 1 aromatic rings. The van der Waals surface area contributed by atoms with Gasteiger partial charge in [-0.15, -0.1) is 0 Å². The molecule has 19 heavy (non-hydrogen) atoms. The number of amides is 1. The van der Waals surface area contributed by atoms with Gasteiger partial charge in [0.05, 0.1) is 11.6 Å². The lowest BCUT2D eigenvalue weighted by atomic mass is 9.86. The second-order valence-electron chi connectivity index (χ2n) is 5.30. The smallest absolute Gasteiger partial charge is 0.326 e. The molecule has 0 radical (unpaired) electrons. The third kappa shape index (κ3) is 3.81. The predicted molar refractivity (Wildman–Crippen MR) is 69.5 cm³/mol. The van der Waals surface area contributed by atoms with Crippen molar-refractivity contribution in [3.8, 4) is 6.07 Å². The molecule has 2 N–H and O–H groups in total. The van der Waals surface area contributed by atoms with Crippen molar-refractivity contribution in [1.29, 1.82) is 5.26 Å². The molecule has 0 aliphatic carbocycles. The van der Waals surface area contributed by atoms with Crippen LogP contribution in [0.2, 0.25) is 0 Å². The summed E-state index contributed by atoms with van der Waals surface area (Å²) < 4.78 is 0. The number of carboxylic acid groups (broad SMARTS) is 1. The molecule has 5 heteroatoms. The number of hydrogen-bond acceptors (Lipinski definition) is 3. The van der Waals surface area contributed by atoms with E-state index >= 15 is 0 Å². The summed E-state index contributed by atoms with van der Waals surface area (Å²) in [6.45, 7) is 5.22. The summed E-state index contributed by atoms with van der Waals surface area (Å²) in [4.78, 5) is 23.1. The van der Waals surface area contributed by atoms with Gasteiger partial charge in [0.15, 0.2) is 0 Å². The van der Waals surface area contributed by atoms with E-state index in [4.69, 9.17) is 10.4 Å². The Morgan fingerprint density at radius 1 is 1.26 bits per heavy atom. The lowest BCUT2D eigenvalue weighted by Crippen LogP contribution is -2.49. The van der Waals surface area contributed by atoms with Crippen molar-refractivity contribution >= 4 is 11.9 Å². The van der Waals surface area contributed by atoms with Gasteiger partial charge < -0.3 is 10.4 Å². The third-order valence-corrected chi connectivity index (χ3v) is 2.66. The molecule has 0 bridgehead atoms. The molecular formula is C14H16N2O3. The van der Waals surface area contributed by atoms with Crippen LogP contribution in [0.5, 0.6) is 0 Å². The highest BCUT2D eigenvalue weighted by atomic mass is 16.4. The lowest BCUT2D eigenvalue weighted by Gasteiger charge is -2.27. The molecule has 0 saturated carbocycles. The lowest BCUT2D eigenvalue weighted by molar-refractivity contribution is -0.142. The fourth-order valence-corrected chi connectivity index (χ4v) is 1.56. The quantitative estimate of drug-likeness (QED) is 0.866. The molecule has 5 nitrogen and oxygen atoms in total. The number of carbonyl (C=O) groups excluding carboxylic acids is 1. The van der Waals surface area contributed by atoms with E-state index in [2.05, 4.69) is 5.32 Å². The third-order valence-electron chi connectivity index (χ3n) is 2.66. The Morgan fingerprint density at radius 3 is 2.16 bits per heavy atom. The highest BCUT2D eigenvalue weighted by molar-refractivity contribution is 5.96. The zero-order chi connectivity index (χ0) is 14.6. The van der Waals surface area contributed by atoms with Crippen LogP contribution in [-0.2, 0) is 4.79 Å². The maximum atomic E-state index is 11.9. The summed E-state index contributed by atoms with van der Waals surface area (Å²) in [7, 11) is 0. The number of carbonyl (C=O) groups is 2. The van der Waals surface area contributed by atoms with Crippen LogP contribution >= 0.6 is 0 Å². The van der Waals surface area contributed by atoms with E-state index < -0.39 is 23.3 Å². The fourth-order valence-electron chi connectivity index (χ4n) is 1.56. The van der Waals surface area contributed by atoms with Crippen molar-refractivity contribution in [3.05, 3.63) is 35.4 Å². The molecule has 0 saturated heterocycles. The van der Waals surface area contributed by atoms with E-state index in [-0.39, 0.29) is 0 Å². The molecule has 1 atom stereocenters. The standard InChI is InChI=1S/C14H16N2O3/c1-14(2,3)11(13(18)19)16-12(17)10-6-4-9(8-15)5-7-10/h4-7,11H,1-3H3,(H,16,17)(H,18,19). The molecule has 1 aromatic carbocycles. The maximum Gasteiger partial charge on any atom is 0.326 e. The number of nitrogens with zero attached hydrogens (tertiary/aromatic N) is 1. The first-order valence-corrected chi connectivity index (χ1v) is 5.79. The molecule has 0 heterocycles. The minimum Gasteiger partial charge on any atom is -0.480 e. The van der Waals surface area contributed by atoms with Gasteiger partial charge in [0.25, 0.3) is 5.91 Å². The molecule has 1 rings (SSSR count). The molecule has 1 unspecified atom stereocenters. The molecule has 100 valence electrons. The van der Waals surface area contributed by atoms with Gasteiger partial charge in [-0.3, -0.25) is 4.79 Å². The van der Waals surface area contributed by atoms with E-state index in [0.717, 1.165) is 0 Å². The molecule has 0 aromatic heterocycles. The van der Waals surface area contributed by atoms with E-state index in [0.29, 0.717) is 11.1 Å². The van der Waals surface area contributed by atoms with Crippen LogP contribution in [0, 0.1) is 16.7 Å². The summed E-state index contributed by atoms with van der Waals surface area (Å²) in [6.07, 6.45) is 0. The Balaban J connectivity index is 2.88. The number of nitriles is 1. The summed E-state index contributed by atoms with van der Waals surface area (Å²) >= 11 is 0. The van der Waals surface area contributed by atoms with E-state index in [1.807, 2.05) is 6.07 Å². The van der Waals surface area contributed by atoms with Gasteiger partial charge in [-0.1, -0.05) is 20.8 Å². The first kappa shape index (κ1) is 14.7. The SMILES string of the molecule is CC(C)(C)C(NC(=O)c1ccc(C#N)cc1)C(=O)O. The Bertz CT molecular complexity index is 521.